The first-order valence-corrected chi connectivity index (χ1v) is 3.87. The highest BCUT2D eigenvalue weighted by Gasteiger charge is 2.16. The highest BCUT2D eigenvalue weighted by atomic mass is 14.2. The van der Waals surface area contributed by atoms with Crippen molar-refractivity contribution >= 4 is 0 Å². The first-order valence-electron chi connectivity index (χ1n) is 3.87. The van der Waals surface area contributed by atoms with E-state index >= 15 is 0 Å². The van der Waals surface area contributed by atoms with Gasteiger partial charge in [-0.15, -0.1) is 0 Å². The van der Waals surface area contributed by atoms with Crippen LogP contribution in [-0.4, -0.2) is 0 Å². The van der Waals surface area contributed by atoms with E-state index in [1.54, 1.807) is 0 Å². The lowest BCUT2D eigenvalue weighted by Crippen LogP contribution is -2.10. The van der Waals surface area contributed by atoms with Gasteiger partial charge in [0.05, 0.1) is 0 Å². The molecule has 0 aromatic carbocycles. The Labute approximate surface area is 63.6 Å². The van der Waals surface area contributed by atoms with Gasteiger partial charge in [-0.1, -0.05) is 45.1 Å². The molecule has 0 aromatic heterocycles. The molecule has 0 aliphatic heterocycles. The van der Waals surface area contributed by atoms with Gasteiger partial charge in [-0.25, -0.2) is 0 Å². The highest BCUT2D eigenvalue weighted by molar-refractivity contribution is 5.20. The van der Waals surface area contributed by atoms with Crippen LogP contribution < -0.4 is 0 Å². The Bertz CT molecular complexity index is 139. The number of allylic oxidation sites excluding steroid dienone is 4. The normalized spacial score (nSPS) is 20.8. The van der Waals surface area contributed by atoms with E-state index in [1.807, 2.05) is 0 Å². The van der Waals surface area contributed by atoms with Crippen LogP contribution in [0.4, 0.5) is 0 Å². The molecule has 0 amide bonds. The summed E-state index contributed by atoms with van der Waals surface area (Å²) in [5.74, 6) is 2.88. The summed E-state index contributed by atoms with van der Waals surface area (Å²) >= 11 is 0. The van der Waals surface area contributed by atoms with Crippen molar-refractivity contribution in [3.63, 3.8) is 0 Å². The Morgan fingerprint density at radius 2 is 1.70 bits per heavy atom. The van der Waals surface area contributed by atoms with E-state index < -0.39 is 0 Å². The highest BCUT2D eigenvalue weighted by Crippen LogP contribution is 2.26. The molecule has 0 saturated carbocycles. The predicted octanol–water partition coefficient (Wildman–Crippen LogP) is 2.98. The van der Waals surface area contributed by atoms with Crippen LogP contribution in [0.15, 0.2) is 24.3 Å². The van der Waals surface area contributed by atoms with Crippen molar-refractivity contribution in [1.82, 2.24) is 0 Å². The van der Waals surface area contributed by atoms with E-state index in [-0.39, 0.29) is 0 Å². The molecule has 10 heavy (non-hydrogen) atoms. The van der Waals surface area contributed by atoms with Crippen LogP contribution >= 0.6 is 0 Å². The third-order valence-electron chi connectivity index (χ3n) is 2.27. The van der Waals surface area contributed by atoms with Gasteiger partial charge in [-0.05, 0) is 17.8 Å². The molecule has 1 rings (SSSR count). The molecule has 1 atom stereocenters. The van der Waals surface area contributed by atoms with E-state index in [9.17, 15) is 0 Å². The molecule has 0 heteroatoms. The molecule has 1 aliphatic carbocycles. The second-order valence-corrected chi connectivity index (χ2v) is 3.21. The zero-order valence-corrected chi connectivity index (χ0v) is 6.96. The Kier molecular flexibility index (Phi) is 2.31. The van der Waals surface area contributed by atoms with Crippen LogP contribution in [-0.2, 0) is 0 Å². The van der Waals surface area contributed by atoms with Gasteiger partial charge in [-0.3, -0.25) is 0 Å². The Balaban J connectivity index is 2.49. The maximum absolute atomic E-state index is 2.28. The zero-order valence-electron chi connectivity index (χ0n) is 6.96. The molecule has 1 radical (unpaired) electrons. The fraction of sp³-hybridized carbons (Fsp3) is 0.500. The third-order valence-corrected chi connectivity index (χ3v) is 2.27. The van der Waals surface area contributed by atoms with E-state index in [2.05, 4.69) is 45.1 Å². The maximum Gasteiger partial charge on any atom is -0.00163 e. The van der Waals surface area contributed by atoms with Crippen molar-refractivity contribution in [3.05, 3.63) is 30.2 Å². The summed E-state index contributed by atoms with van der Waals surface area (Å²) in [5, 5.41) is 0. The molecular weight excluding hydrogens is 120 g/mol. The molecule has 55 valence electrons. The minimum atomic E-state index is 0.657. The summed E-state index contributed by atoms with van der Waals surface area (Å²) < 4.78 is 0. The Morgan fingerprint density at radius 1 is 1.20 bits per heavy atom. The average molecular weight is 135 g/mol. The summed E-state index contributed by atoms with van der Waals surface area (Å²) in [4.78, 5) is 0. The Hall–Kier alpha value is -0.520. The molecule has 0 nitrogen and oxygen atoms in total. The van der Waals surface area contributed by atoms with Crippen molar-refractivity contribution in [1.29, 1.82) is 0 Å². The molecule has 0 fully saturated rings. The smallest absolute Gasteiger partial charge is 0.00163 e. The van der Waals surface area contributed by atoms with Crippen LogP contribution in [0.25, 0.3) is 0 Å². The summed E-state index contributed by atoms with van der Waals surface area (Å²) in [5.41, 5.74) is 0. The summed E-state index contributed by atoms with van der Waals surface area (Å²) in [6.07, 6.45) is 8.78. The van der Waals surface area contributed by atoms with Gasteiger partial charge >= 0.3 is 0 Å². The SMILES string of the molecule is C[C](C)C(C)C1C=CC=C1. The lowest BCUT2D eigenvalue weighted by atomic mass is 9.86. The van der Waals surface area contributed by atoms with Crippen LogP contribution in [0.3, 0.4) is 0 Å². The lowest BCUT2D eigenvalue weighted by Gasteiger charge is -2.18. The summed E-state index contributed by atoms with van der Waals surface area (Å²) in [6, 6.07) is 0. The first kappa shape index (κ1) is 7.59. The maximum atomic E-state index is 2.28. The fourth-order valence-corrected chi connectivity index (χ4v) is 1.17. The third kappa shape index (κ3) is 1.50. The van der Waals surface area contributed by atoms with E-state index in [4.69, 9.17) is 0 Å². The van der Waals surface area contributed by atoms with Crippen LogP contribution in [0.2, 0.25) is 0 Å². The van der Waals surface area contributed by atoms with E-state index in [1.165, 1.54) is 5.92 Å². The van der Waals surface area contributed by atoms with Crippen molar-refractivity contribution < 1.29 is 0 Å². The van der Waals surface area contributed by atoms with Gasteiger partial charge in [-0.2, -0.15) is 0 Å². The fourth-order valence-electron chi connectivity index (χ4n) is 1.17. The van der Waals surface area contributed by atoms with Crippen molar-refractivity contribution in [2.75, 3.05) is 0 Å². The van der Waals surface area contributed by atoms with Crippen LogP contribution in [0.5, 0.6) is 0 Å². The summed E-state index contributed by atoms with van der Waals surface area (Å²) in [6.45, 7) is 6.68. The number of hydrogen-bond acceptors (Lipinski definition) is 0. The van der Waals surface area contributed by atoms with Gasteiger partial charge in [0, 0.05) is 0 Å². The second kappa shape index (κ2) is 3.05. The Morgan fingerprint density at radius 3 is 2.10 bits per heavy atom. The molecule has 0 heterocycles. The first-order chi connectivity index (χ1) is 4.72. The van der Waals surface area contributed by atoms with Gasteiger partial charge in [0.1, 0.15) is 0 Å². The largest absolute Gasteiger partial charge is 0.0773 e. The number of rotatable bonds is 2. The molecule has 0 N–H and O–H groups in total. The lowest BCUT2D eigenvalue weighted by molar-refractivity contribution is 0.522. The van der Waals surface area contributed by atoms with Crippen molar-refractivity contribution in [2.24, 2.45) is 11.8 Å². The average Bonchev–Trinajstić information content (AvgIpc) is 2.36. The second-order valence-electron chi connectivity index (χ2n) is 3.21. The standard InChI is InChI=1S/C10H15/c1-8(2)9(3)10-6-4-5-7-10/h4-7,9-10H,1-3H3. The molecule has 1 unspecified atom stereocenters. The monoisotopic (exact) mass is 135 g/mol. The molecular formula is C10H15. The number of hydrogen-bond donors (Lipinski definition) is 0. The van der Waals surface area contributed by atoms with Crippen molar-refractivity contribution in [2.45, 2.75) is 20.8 Å². The predicted molar refractivity (Wildman–Crippen MR) is 45.5 cm³/mol. The van der Waals surface area contributed by atoms with Gasteiger partial charge < -0.3 is 0 Å². The zero-order chi connectivity index (χ0) is 7.56. The minimum Gasteiger partial charge on any atom is -0.0773 e. The van der Waals surface area contributed by atoms with Crippen LogP contribution in [0.1, 0.15) is 20.8 Å². The topological polar surface area (TPSA) is 0 Å². The molecule has 0 aromatic rings. The van der Waals surface area contributed by atoms with E-state index in [0.29, 0.717) is 11.8 Å². The molecule has 1 aliphatic rings. The van der Waals surface area contributed by atoms with Gasteiger partial charge in [0.2, 0.25) is 0 Å². The molecule has 0 saturated heterocycles. The molecule has 0 spiro atoms. The summed E-state index contributed by atoms with van der Waals surface area (Å²) in [7, 11) is 0. The van der Waals surface area contributed by atoms with Crippen LogP contribution in [0, 0.1) is 17.8 Å². The quantitative estimate of drug-likeness (QED) is 0.546. The van der Waals surface area contributed by atoms with Gasteiger partial charge in [0.15, 0.2) is 0 Å². The minimum absolute atomic E-state index is 0.657. The van der Waals surface area contributed by atoms with Crippen molar-refractivity contribution in [3.8, 4) is 0 Å². The van der Waals surface area contributed by atoms with E-state index in [0.717, 1.165) is 0 Å². The van der Waals surface area contributed by atoms with Gasteiger partial charge in [0.25, 0.3) is 0 Å². The molecule has 0 bridgehead atoms.